The molecule has 0 rings (SSSR count). The maximum absolute atomic E-state index is 4.42. The highest BCUT2D eigenvalue weighted by atomic mass is 32.1. The van der Waals surface area contributed by atoms with Crippen molar-refractivity contribution < 1.29 is 0 Å². The Labute approximate surface area is 203 Å². The van der Waals surface area contributed by atoms with Crippen molar-refractivity contribution >= 4 is 46.8 Å². The van der Waals surface area contributed by atoms with Gasteiger partial charge >= 0.3 is 0 Å². The average Bonchev–Trinajstić information content (AvgIpc) is 2.76. The predicted octanol–water partition coefficient (Wildman–Crippen LogP) is 5.35. The van der Waals surface area contributed by atoms with Crippen molar-refractivity contribution in [2.45, 2.75) is 85.5 Å². The van der Waals surface area contributed by atoms with Crippen molar-refractivity contribution in [3.05, 3.63) is 12.2 Å². The van der Waals surface area contributed by atoms with E-state index in [1.165, 1.54) is 67.9 Å². The molecule has 0 saturated carbocycles. The van der Waals surface area contributed by atoms with Gasteiger partial charge in [-0.1, -0.05) is 62.8 Å². The van der Waals surface area contributed by atoms with Gasteiger partial charge in [-0.2, -0.15) is 10.2 Å². The third kappa shape index (κ3) is 30.7. The number of thiocarbonyl (C=S) groups is 2. The largest absolute Gasteiger partial charge is 0.382 e. The Morgan fingerprint density at radius 1 is 0.774 bits per heavy atom. The van der Waals surface area contributed by atoms with Crippen molar-refractivity contribution in [1.82, 2.24) is 21.5 Å². The molecule has 0 aromatic heterocycles. The van der Waals surface area contributed by atoms with Crippen LogP contribution in [0.4, 0.5) is 0 Å². The maximum Gasteiger partial charge on any atom is 0.0832 e. The van der Waals surface area contributed by atoms with Crippen molar-refractivity contribution in [2.24, 2.45) is 10.2 Å². The van der Waals surface area contributed by atoms with Crippen LogP contribution in [0.15, 0.2) is 22.4 Å². The molecule has 8 heteroatoms. The van der Waals surface area contributed by atoms with Gasteiger partial charge in [0.25, 0.3) is 0 Å². The van der Waals surface area contributed by atoms with E-state index in [1.54, 1.807) is 0 Å². The highest BCUT2D eigenvalue weighted by Crippen LogP contribution is 2.14. The van der Waals surface area contributed by atoms with Crippen LogP contribution in [-0.4, -0.2) is 49.6 Å². The van der Waals surface area contributed by atoms with Crippen LogP contribution in [0.5, 0.6) is 0 Å². The van der Waals surface area contributed by atoms with Crippen molar-refractivity contribution in [3.8, 4) is 0 Å². The monoisotopic (exact) mass is 472 g/mol. The van der Waals surface area contributed by atoms with Crippen LogP contribution >= 0.6 is 24.4 Å². The quantitative estimate of drug-likeness (QED) is 0.0752. The number of hydrogen-bond donors (Lipinski definition) is 4. The van der Waals surface area contributed by atoms with E-state index in [0.29, 0.717) is 0 Å². The Kier molecular flexibility index (Phi) is 33.7. The molecule has 0 aliphatic carbocycles. The Morgan fingerprint density at radius 3 is 1.65 bits per heavy atom. The molecule has 0 amide bonds. The molecule has 0 atom stereocenters. The number of rotatable bonds is 17. The summed E-state index contributed by atoms with van der Waals surface area (Å²) < 4.78 is 0. The molecule has 0 fully saturated rings. The zero-order valence-corrected chi connectivity index (χ0v) is 22.5. The summed E-state index contributed by atoms with van der Waals surface area (Å²) in [6.07, 6.45) is 10.9. The molecule has 0 aliphatic heterocycles. The van der Waals surface area contributed by atoms with Crippen molar-refractivity contribution in [1.29, 1.82) is 0 Å². The van der Waals surface area contributed by atoms with Gasteiger partial charge in [0, 0.05) is 27.2 Å². The Morgan fingerprint density at radius 2 is 1.26 bits per heavy atom. The van der Waals surface area contributed by atoms with E-state index < -0.39 is 0 Å². The molecule has 0 heterocycles. The highest BCUT2D eigenvalue weighted by molar-refractivity contribution is 7.79. The summed E-state index contributed by atoms with van der Waals surface area (Å²) in [6, 6.07) is 0. The maximum atomic E-state index is 4.42. The van der Waals surface area contributed by atoms with E-state index in [-0.39, 0.29) is 0 Å². The van der Waals surface area contributed by atoms with Crippen LogP contribution in [0.3, 0.4) is 0 Å². The fourth-order valence-corrected chi connectivity index (χ4v) is 2.76. The number of hydrazone groups is 2. The standard InChI is InChI=1S/C17H34N4.2C3H7NS/c1-6-7-12-15(2)13-10-8-9-11-14-17(21-19-5)16(3)20-18-4;2*1-2-4-3-5/h18-19H,2,6-14H2,1,3-5H3;2*3H,2H2,1H3,(H,4,5)/b20-16+,21-17+;;. The lowest BCUT2D eigenvalue weighted by atomic mass is 10.0. The first-order valence-corrected chi connectivity index (χ1v) is 12.4. The second-order valence-corrected chi connectivity index (χ2v) is 7.29. The molecule has 31 heavy (non-hydrogen) atoms. The third-order valence-electron chi connectivity index (χ3n) is 4.10. The summed E-state index contributed by atoms with van der Waals surface area (Å²) >= 11 is 8.83. The summed E-state index contributed by atoms with van der Waals surface area (Å²) in [6.45, 7) is 14.3. The fraction of sp³-hybridized carbons (Fsp3) is 0.739. The summed E-state index contributed by atoms with van der Waals surface area (Å²) in [7, 11) is 3.64. The lowest BCUT2D eigenvalue weighted by Crippen LogP contribution is -2.17. The SMILES string of the molecule is C=C(CCCC)CCCCCCC(=N\NC)/C(C)=N/NC.CCNC=S.CCNC=S. The molecule has 6 nitrogen and oxygen atoms in total. The van der Waals surface area contributed by atoms with E-state index in [0.717, 1.165) is 30.9 Å². The van der Waals surface area contributed by atoms with Gasteiger partial charge in [0.1, 0.15) is 0 Å². The fourth-order valence-electron chi connectivity index (χ4n) is 2.42. The molecule has 0 aromatic carbocycles. The van der Waals surface area contributed by atoms with Crippen LogP contribution in [0.2, 0.25) is 0 Å². The second kappa shape index (κ2) is 30.7. The minimum atomic E-state index is 0.934. The first kappa shape index (κ1) is 34.1. The average molecular weight is 473 g/mol. The third-order valence-corrected chi connectivity index (χ3v) is 4.43. The van der Waals surface area contributed by atoms with Crippen LogP contribution in [0.25, 0.3) is 0 Å². The molecular weight excluding hydrogens is 424 g/mol. The number of unbranched alkanes of at least 4 members (excludes halogenated alkanes) is 4. The number of allylic oxidation sites excluding steroid dienone is 1. The van der Waals surface area contributed by atoms with Crippen LogP contribution in [-0.2, 0) is 0 Å². The van der Waals surface area contributed by atoms with E-state index in [9.17, 15) is 0 Å². The van der Waals surface area contributed by atoms with Gasteiger partial charge in [-0.25, -0.2) is 0 Å². The van der Waals surface area contributed by atoms with Gasteiger partial charge < -0.3 is 21.5 Å². The predicted molar refractivity (Wildman–Crippen MR) is 150 cm³/mol. The van der Waals surface area contributed by atoms with Crippen LogP contribution < -0.4 is 21.5 Å². The zero-order valence-electron chi connectivity index (χ0n) is 20.9. The minimum Gasteiger partial charge on any atom is -0.382 e. The lowest BCUT2D eigenvalue weighted by Gasteiger charge is -2.07. The summed E-state index contributed by atoms with van der Waals surface area (Å²) in [5.41, 5.74) is 12.1. The molecule has 182 valence electrons. The van der Waals surface area contributed by atoms with Crippen molar-refractivity contribution in [2.75, 3.05) is 27.2 Å². The van der Waals surface area contributed by atoms with E-state index >= 15 is 0 Å². The zero-order chi connectivity index (χ0) is 24.2. The Bertz CT molecular complexity index is 469. The van der Waals surface area contributed by atoms with E-state index in [1.807, 2.05) is 34.9 Å². The second-order valence-electron chi connectivity index (χ2n) is 6.82. The Hall–Kier alpha value is -1.54. The van der Waals surface area contributed by atoms with Gasteiger partial charge in [0.2, 0.25) is 0 Å². The van der Waals surface area contributed by atoms with Gasteiger partial charge in [0.15, 0.2) is 0 Å². The van der Waals surface area contributed by atoms with Crippen LogP contribution in [0, 0.1) is 0 Å². The van der Waals surface area contributed by atoms with Crippen molar-refractivity contribution in [3.63, 3.8) is 0 Å². The highest BCUT2D eigenvalue weighted by Gasteiger charge is 2.04. The number of hydrogen-bond acceptors (Lipinski definition) is 6. The van der Waals surface area contributed by atoms with Gasteiger partial charge in [-0.3, -0.25) is 0 Å². The molecular formula is C23H48N6S2. The molecule has 0 radical (unpaired) electrons. The number of nitrogens with zero attached hydrogens (tertiary/aromatic N) is 2. The summed E-state index contributed by atoms with van der Waals surface area (Å²) in [4.78, 5) is 0. The van der Waals surface area contributed by atoms with Gasteiger partial charge in [-0.15, -0.1) is 0 Å². The number of nitrogens with one attached hydrogen (secondary N) is 4. The first-order chi connectivity index (χ1) is 15.0. The minimum absolute atomic E-state index is 0.934. The molecule has 0 bridgehead atoms. The lowest BCUT2D eigenvalue weighted by molar-refractivity contribution is 0.636. The molecule has 0 saturated heterocycles. The summed E-state index contributed by atoms with van der Waals surface area (Å²) in [5, 5.41) is 14.1. The van der Waals surface area contributed by atoms with Gasteiger partial charge in [0.05, 0.1) is 22.4 Å². The topological polar surface area (TPSA) is 72.8 Å². The Balaban J connectivity index is -0.000000646. The molecule has 0 aromatic rings. The van der Waals surface area contributed by atoms with Gasteiger partial charge in [-0.05, 0) is 59.3 Å². The molecule has 4 N–H and O–H groups in total. The van der Waals surface area contributed by atoms with Crippen LogP contribution in [0.1, 0.15) is 85.5 Å². The summed E-state index contributed by atoms with van der Waals surface area (Å²) in [5.74, 6) is 0. The smallest absolute Gasteiger partial charge is 0.0832 e. The molecule has 0 aliphatic rings. The van der Waals surface area contributed by atoms with E-state index in [2.05, 4.69) is 69.6 Å². The molecule has 0 unspecified atom stereocenters. The normalized spacial score (nSPS) is 10.5. The molecule has 0 spiro atoms. The first-order valence-electron chi connectivity index (χ1n) is 11.4. The van der Waals surface area contributed by atoms with E-state index in [4.69, 9.17) is 0 Å².